The van der Waals surface area contributed by atoms with Crippen molar-refractivity contribution in [2.75, 3.05) is 11.9 Å². The molecule has 0 spiro atoms. The average Bonchev–Trinajstić information content (AvgIpc) is 3.25. The zero-order valence-electron chi connectivity index (χ0n) is 17.4. The number of aliphatic hydroxyl groups is 2. The van der Waals surface area contributed by atoms with E-state index in [1.165, 1.54) is 0 Å². The Balaban J connectivity index is 2.08. The van der Waals surface area contributed by atoms with Crippen LogP contribution in [0.3, 0.4) is 0 Å². The summed E-state index contributed by atoms with van der Waals surface area (Å²) in [5, 5.41) is 22.4. The summed E-state index contributed by atoms with van der Waals surface area (Å²) in [5.74, 6) is 5.59. The Hall–Kier alpha value is -2.67. The van der Waals surface area contributed by atoms with E-state index in [-0.39, 0.29) is 30.8 Å². The van der Waals surface area contributed by atoms with Crippen LogP contribution in [0.15, 0.2) is 11.0 Å². The summed E-state index contributed by atoms with van der Waals surface area (Å²) in [7, 11) is 0. The first-order valence-electron chi connectivity index (χ1n) is 10.2. The number of amides is 1. The van der Waals surface area contributed by atoms with Crippen molar-refractivity contribution in [3.63, 3.8) is 0 Å². The van der Waals surface area contributed by atoms with E-state index in [0.717, 1.165) is 12.8 Å². The molecular weight excluding hydrogens is 388 g/mol. The fourth-order valence-electron chi connectivity index (χ4n) is 3.26. The molecule has 9 heteroatoms. The fraction of sp³-hybridized carbons (Fsp3) is 0.571. The first-order chi connectivity index (χ1) is 14.3. The summed E-state index contributed by atoms with van der Waals surface area (Å²) < 4.78 is 7.38. The molecule has 1 aliphatic heterocycles. The summed E-state index contributed by atoms with van der Waals surface area (Å²) in [4.78, 5) is 31.9. The van der Waals surface area contributed by atoms with Crippen LogP contribution >= 0.6 is 0 Å². The number of rotatable bonds is 6. The Kier molecular flexibility index (Phi) is 6.92. The van der Waals surface area contributed by atoms with E-state index in [1.807, 2.05) is 0 Å². The van der Waals surface area contributed by atoms with Gasteiger partial charge in [0.05, 0.1) is 23.7 Å². The molecule has 3 heterocycles. The van der Waals surface area contributed by atoms with Gasteiger partial charge in [-0.25, -0.2) is 0 Å². The second kappa shape index (κ2) is 9.43. The smallest absolute Gasteiger partial charge is 0.263 e. The molecule has 4 N–H and O–H groups in total. The molecule has 30 heavy (non-hydrogen) atoms. The summed E-state index contributed by atoms with van der Waals surface area (Å²) in [6, 6.07) is 0. The maximum Gasteiger partial charge on any atom is 0.263 e. The van der Waals surface area contributed by atoms with Gasteiger partial charge in [-0.05, 0) is 6.42 Å². The number of hydrogen-bond acceptors (Lipinski definition) is 6. The maximum absolute atomic E-state index is 12.8. The molecule has 1 aliphatic rings. The minimum Gasteiger partial charge on any atom is -0.394 e. The predicted molar refractivity (Wildman–Crippen MR) is 112 cm³/mol. The number of carbonyl (C=O) groups is 1. The van der Waals surface area contributed by atoms with Crippen molar-refractivity contribution < 1.29 is 19.7 Å². The second-order valence-corrected chi connectivity index (χ2v) is 7.73. The summed E-state index contributed by atoms with van der Waals surface area (Å²) in [6.45, 7) is 5.24. The Bertz CT molecular complexity index is 1030. The molecule has 2 aromatic rings. The minimum absolute atomic E-state index is 0.0355. The topological polar surface area (TPSA) is 129 Å². The van der Waals surface area contributed by atoms with Gasteiger partial charge in [-0.15, -0.1) is 0 Å². The van der Waals surface area contributed by atoms with Crippen molar-refractivity contribution in [3.8, 4) is 11.8 Å². The highest BCUT2D eigenvalue weighted by Gasteiger charge is 2.35. The van der Waals surface area contributed by atoms with E-state index in [2.05, 4.69) is 34.0 Å². The zero-order valence-corrected chi connectivity index (χ0v) is 17.4. The number of nitrogens with zero attached hydrogens (tertiary/aromatic N) is 2. The largest absolute Gasteiger partial charge is 0.394 e. The molecule has 3 rings (SSSR count). The molecule has 9 nitrogen and oxygen atoms in total. The van der Waals surface area contributed by atoms with Gasteiger partial charge in [0, 0.05) is 25.0 Å². The number of unbranched alkanes of at least 4 members (excludes halogenated alkanes) is 2. The molecular formula is C21H28N4O5. The van der Waals surface area contributed by atoms with E-state index >= 15 is 0 Å². The van der Waals surface area contributed by atoms with E-state index in [1.54, 1.807) is 24.6 Å². The third-order valence-corrected chi connectivity index (χ3v) is 5.02. The Labute approximate surface area is 174 Å². The van der Waals surface area contributed by atoms with Crippen LogP contribution in [0.25, 0.3) is 11.0 Å². The van der Waals surface area contributed by atoms with Crippen molar-refractivity contribution in [3.05, 3.63) is 22.1 Å². The van der Waals surface area contributed by atoms with E-state index < -0.39 is 24.0 Å². The molecule has 3 atom stereocenters. The van der Waals surface area contributed by atoms with Crippen LogP contribution in [0.2, 0.25) is 0 Å². The van der Waals surface area contributed by atoms with Crippen LogP contribution in [-0.2, 0) is 9.53 Å². The van der Waals surface area contributed by atoms with Crippen LogP contribution in [0.5, 0.6) is 0 Å². The zero-order chi connectivity index (χ0) is 21.8. The number of anilines is 1. The highest BCUT2D eigenvalue weighted by Crippen LogP contribution is 2.32. The van der Waals surface area contributed by atoms with Gasteiger partial charge in [0.1, 0.15) is 12.3 Å². The monoisotopic (exact) mass is 416 g/mol. The van der Waals surface area contributed by atoms with Crippen LogP contribution < -0.4 is 10.9 Å². The number of aromatic amines is 1. The molecule has 1 fully saturated rings. The lowest BCUT2D eigenvalue weighted by molar-refractivity contribution is -0.118. The van der Waals surface area contributed by atoms with E-state index in [4.69, 9.17) is 4.74 Å². The van der Waals surface area contributed by atoms with Gasteiger partial charge in [-0.3, -0.25) is 19.9 Å². The predicted octanol–water partition coefficient (Wildman–Crippen LogP) is 1.50. The van der Waals surface area contributed by atoms with E-state index in [9.17, 15) is 19.8 Å². The lowest BCUT2D eigenvalue weighted by atomic mass is 10.2. The number of H-pyrrole nitrogens is 1. The Morgan fingerprint density at radius 1 is 1.50 bits per heavy atom. The van der Waals surface area contributed by atoms with Gasteiger partial charge < -0.3 is 19.5 Å². The SMILES string of the molecule is CCCCC#Cc1cn([C@H]2C[C@H](O)[C@@H](CO)O2)c2nc(NC(=O)C(C)C)[nH]c(=O)c12. The molecule has 1 saturated heterocycles. The quantitative estimate of drug-likeness (QED) is 0.417. The number of fused-ring (bicyclic) bond motifs is 1. The highest BCUT2D eigenvalue weighted by atomic mass is 16.5. The third kappa shape index (κ3) is 4.56. The van der Waals surface area contributed by atoms with Gasteiger partial charge in [0.25, 0.3) is 5.56 Å². The average molecular weight is 416 g/mol. The number of nitrogens with one attached hydrogen (secondary N) is 2. The molecule has 0 aromatic carbocycles. The maximum atomic E-state index is 12.8. The van der Waals surface area contributed by atoms with E-state index in [0.29, 0.717) is 23.0 Å². The first kappa shape index (κ1) is 22.0. The highest BCUT2D eigenvalue weighted by molar-refractivity contribution is 5.91. The van der Waals surface area contributed by atoms with Crippen LogP contribution in [-0.4, -0.2) is 49.5 Å². The molecule has 0 saturated carbocycles. The number of aromatic nitrogens is 3. The van der Waals surface area contributed by atoms with Gasteiger partial charge in [-0.1, -0.05) is 39.0 Å². The summed E-state index contributed by atoms with van der Waals surface area (Å²) in [6.07, 6.45) is 2.44. The molecule has 1 amide bonds. The molecule has 0 unspecified atom stereocenters. The van der Waals surface area contributed by atoms with Crippen molar-refractivity contribution in [1.82, 2.24) is 14.5 Å². The third-order valence-electron chi connectivity index (χ3n) is 5.02. The second-order valence-electron chi connectivity index (χ2n) is 7.73. The standard InChI is InChI=1S/C21H28N4O5/c1-4-5-6-7-8-13-10-25(16-9-14(27)15(11-26)30-16)18-17(13)20(29)24-21(22-18)23-19(28)12(2)3/h10,12,14-16,26-27H,4-6,9,11H2,1-3H3,(H2,22,23,24,28,29)/t14-,15+,16+/m0/s1. The van der Waals surface area contributed by atoms with Gasteiger partial charge in [0.2, 0.25) is 11.9 Å². The molecule has 0 radical (unpaired) electrons. The Morgan fingerprint density at radius 2 is 2.27 bits per heavy atom. The van der Waals surface area contributed by atoms with Crippen molar-refractivity contribution >= 4 is 22.9 Å². The molecule has 2 aromatic heterocycles. The van der Waals surface area contributed by atoms with Crippen LogP contribution in [0, 0.1) is 17.8 Å². The summed E-state index contributed by atoms with van der Waals surface area (Å²) >= 11 is 0. The first-order valence-corrected chi connectivity index (χ1v) is 10.2. The number of hydrogen-bond donors (Lipinski definition) is 4. The number of ether oxygens (including phenoxy) is 1. The molecule has 162 valence electrons. The van der Waals surface area contributed by atoms with Gasteiger partial charge in [-0.2, -0.15) is 4.98 Å². The minimum atomic E-state index is -0.835. The van der Waals surface area contributed by atoms with Gasteiger partial charge >= 0.3 is 0 Å². The fourth-order valence-corrected chi connectivity index (χ4v) is 3.26. The summed E-state index contributed by atoms with van der Waals surface area (Å²) in [5.41, 5.74) is 0.380. The van der Waals surface area contributed by atoms with Gasteiger partial charge in [0.15, 0.2) is 5.65 Å². The number of carbonyl (C=O) groups excluding carboxylic acids is 1. The van der Waals surface area contributed by atoms with Crippen molar-refractivity contribution in [1.29, 1.82) is 0 Å². The number of aliphatic hydroxyl groups excluding tert-OH is 2. The molecule has 0 bridgehead atoms. The van der Waals surface area contributed by atoms with Crippen LogP contribution in [0.4, 0.5) is 5.95 Å². The normalized spacial score (nSPS) is 21.1. The Morgan fingerprint density at radius 3 is 2.90 bits per heavy atom. The van der Waals surface area contributed by atoms with Crippen molar-refractivity contribution in [2.24, 2.45) is 5.92 Å². The van der Waals surface area contributed by atoms with Crippen LogP contribution in [0.1, 0.15) is 58.2 Å². The lowest BCUT2D eigenvalue weighted by Gasteiger charge is -2.14. The molecule has 0 aliphatic carbocycles. The lowest BCUT2D eigenvalue weighted by Crippen LogP contribution is -2.24. The van der Waals surface area contributed by atoms with Crippen molar-refractivity contribution in [2.45, 2.75) is 64.9 Å².